The van der Waals surface area contributed by atoms with Crippen molar-refractivity contribution in [3.05, 3.63) is 54.1 Å². The molecule has 0 radical (unpaired) electrons. The topological polar surface area (TPSA) is 48.0 Å². The van der Waals surface area contributed by atoms with E-state index < -0.39 is 6.17 Å². The second-order valence-corrected chi connectivity index (χ2v) is 6.12. The van der Waals surface area contributed by atoms with Crippen LogP contribution in [0.15, 0.2) is 48.5 Å². The maximum atomic E-state index is 14.6. The number of benzene rings is 2. The molecule has 118 valence electrons. The van der Waals surface area contributed by atoms with E-state index in [0.29, 0.717) is 13.0 Å². The Bertz CT molecular complexity index is 828. The van der Waals surface area contributed by atoms with Crippen LogP contribution in [0.1, 0.15) is 17.9 Å². The van der Waals surface area contributed by atoms with Crippen molar-refractivity contribution in [2.75, 3.05) is 13.1 Å². The minimum absolute atomic E-state index is 0.183. The van der Waals surface area contributed by atoms with Crippen LogP contribution >= 0.6 is 0 Å². The molecule has 1 aliphatic rings. The smallest absolute Gasteiger partial charge is 0.117 e. The lowest BCUT2D eigenvalue weighted by atomic mass is 9.86. The summed E-state index contributed by atoms with van der Waals surface area (Å²) in [5.41, 5.74) is 3.83. The molecule has 0 aliphatic carbocycles. The molecule has 23 heavy (non-hydrogen) atoms. The number of hydrogen-bond acceptors (Lipinski definition) is 2. The first-order chi connectivity index (χ1) is 11.2. The largest absolute Gasteiger partial charge is 0.508 e. The lowest BCUT2D eigenvalue weighted by molar-refractivity contribution is 0.229. The summed E-state index contributed by atoms with van der Waals surface area (Å²) in [6.07, 6.45) is -0.324. The summed E-state index contributed by atoms with van der Waals surface area (Å²) in [4.78, 5) is 3.38. The van der Waals surface area contributed by atoms with Gasteiger partial charge in [0.15, 0.2) is 0 Å². The summed E-state index contributed by atoms with van der Waals surface area (Å²) in [6, 6.07) is 15.2. The minimum Gasteiger partial charge on any atom is -0.508 e. The van der Waals surface area contributed by atoms with Gasteiger partial charge in [-0.15, -0.1) is 0 Å². The van der Waals surface area contributed by atoms with Crippen molar-refractivity contribution in [3.63, 3.8) is 0 Å². The SMILES string of the molecule is Oc1ccc2c([C@@H]3CNCC[C@H]3F)c(-c3ccccc3)[nH]c2c1. The number of rotatable bonds is 2. The van der Waals surface area contributed by atoms with Crippen molar-refractivity contribution in [2.45, 2.75) is 18.5 Å². The molecule has 1 fully saturated rings. The fraction of sp³-hybridized carbons (Fsp3) is 0.263. The average molecular weight is 310 g/mol. The molecule has 0 spiro atoms. The third kappa shape index (κ3) is 2.49. The Morgan fingerprint density at radius 3 is 2.70 bits per heavy atom. The van der Waals surface area contributed by atoms with Gasteiger partial charge in [0, 0.05) is 29.4 Å². The number of halogens is 1. The molecule has 0 bridgehead atoms. The number of nitrogens with one attached hydrogen (secondary N) is 2. The van der Waals surface area contributed by atoms with Gasteiger partial charge in [-0.25, -0.2) is 4.39 Å². The van der Waals surface area contributed by atoms with E-state index in [1.807, 2.05) is 36.4 Å². The molecule has 0 unspecified atom stereocenters. The van der Waals surface area contributed by atoms with Crippen LogP contribution < -0.4 is 5.32 Å². The molecule has 1 aromatic heterocycles. The molecule has 0 saturated carbocycles. The molecule has 4 rings (SSSR count). The Hall–Kier alpha value is -2.33. The number of aromatic hydroxyl groups is 1. The van der Waals surface area contributed by atoms with E-state index in [4.69, 9.17) is 0 Å². The van der Waals surface area contributed by atoms with Crippen LogP contribution in [0.3, 0.4) is 0 Å². The van der Waals surface area contributed by atoms with Crippen LogP contribution in [0.4, 0.5) is 4.39 Å². The van der Waals surface area contributed by atoms with Gasteiger partial charge >= 0.3 is 0 Å². The van der Waals surface area contributed by atoms with E-state index in [1.165, 1.54) is 0 Å². The number of H-pyrrole nitrogens is 1. The Morgan fingerprint density at radius 1 is 1.09 bits per heavy atom. The van der Waals surface area contributed by atoms with Crippen molar-refractivity contribution in [2.24, 2.45) is 0 Å². The van der Waals surface area contributed by atoms with Crippen molar-refractivity contribution in [1.29, 1.82) is 0 Å². The molecule has 1 aliphatic heterocycles. The minimum atomic E-state index is -0.855. The molecule has 4 heteroatoms. The molecule has 2 heterocycles. The maximum absolute atomic E-state index is 14.6. The fourth-order valence-electron chi connectivity index (χ4n) is 3.53. The highest BCUT2D eigenvalue weighted by Gasteiger charge is 2.31. The summed E-state index contributed by atoms with van der Waals surface area (Å²) in [5, 5.41) is 14.0. The van der Waals surface area contributed by atoms with Gasteiger partial charge in [-0.2, -0.15) is 0 Å². The van der Waals surface area contributed by atoms with Gasteiger partial charge in [0.1, 0.15) is 11.9 Å². The predicted molar refractivity (Wildman–Crippen MR) is 90.5 cm³/mol. The van der Waals surface area contributed by atoms with Gasteiger partial charge in [0.05, 0.1) is 5.69 Å². The first kappa shape index (κ1) is 14.3. The summed E-state index contributed by atoms with van der Waals surface area (Å²) < 4.78 is 14.6. The molecule has 3 nitrogen and oxygen atoms in total. The van der Waals surface area contributed by atoms with Crippen LogP contribution in [0.5, 0.6) is 5.75 Å². The Balaban J connectivity index is 1.95. The third-order valence-electron chi connectivity index (χ3n) is 4.65. The zero-order chi connectivity index (χ0) is 15.8. The Labute approximate surface area is 134 Å². The van der Waals surface area contributed by atoms with Crippen LogP contribution in [0.25, 0.3) is 22.2 Å². The number of aromatic amines is 1. The van der Waals surface area contributed by atoms with Gasteiger partial charge in [-0.05, 0) is 36.2 Å². The van der Waals surface area contributed by atoms with Crippen LogP contribution in [-0.4, -0.2) is 29.4 Å². The second-order valence-electron chi connectivity index (χ2n) is 6.12. The number of phenols is 1. The van der Waals surface area contributed by atoms with E-state index in [-0.39, 0.29) is 11.7 Å². The molecular formula is C19H19FN2O. The molecule has 3 N–H and O–H groups in total. The molecule has 3 aromatic rings. The Morgan fingerprint density at radius 2 is 1.91 bits per heavy atom. The first-order valence-corrected chi connectivity index (χ1v) is 7.99. The first-order valence-electron chi connectivity index (χ1n) is 7.99. The van der Waals surface area contributed by atoms with E-state index in [1.54, 1.807) is 12.1 Å². The normalized spacial score (nSPS) is 21.6. The van der Waals surface area contributed by atoms with Gasteiger partial charge in [-0.1, -0.05) is 30.3 Å². The summed E-state index contributed by atoms with van der Waals surface area (Å²) >= 11 is 0. The van der Waals surface area contributed by atoms with Crippen molar-refractivity contribution in [3.8, 4) is 17.0 Å². The van der Waals surface area contributed by atoms with Crippen molar-refractivity contribution in [1.82, 2.24) is 10.3 Å². The quantitative estimate of drug-likeness (QED) is 0.671. The number of hydrogen-bond donors (Lipinski definition) is 3. The molecule has 2 atom stereocenters. The lowest BCUT2D eigenvalue weighted by Gasteiger charge is -2.27. The van der Waals surface area contributed by atoms with Gasteiger partial charge < -0.3 is 15.4 Å². The molecule has 2 aromatic carbocycles. The number of fused-ring (bicyclic) bond motifs is 1. The van der Waals surface area contributed by atoms with E-state index >= 15 is 0 Å². The fourth-order valence-corrected chi connectivity index (χ4v) is 3.53. The summed E-state index contributed by atoms with van der Waals surface area (Å²) in [5.74, 6) is 0.0285. The third-order valence-corrected chi connectivity index (χ3v) is 4.65. The van der Waals surface area contributed by atoms with Gasteiger partial charge in [0.2, 0.25) is 0 Å². The highest BCUT2D eigenvalue weighted by atomic mass is 19.1. The summed E-state index contributed by atoms with van der Waals surface area (Å²) in [7, 11) is 0. The van der Waals surface area contributed by atoms with E-state index in [2.05, 4.69) is 10.3 Å². The predicted octanol–water partition coefficient (Wildman–Crippen LogP) is 3.96. The highest BCUT2D eigenvalue weighted by molar-refractivity contribution is 5.92. The van der Waals surface area contributed by atoms with E-state index in [0.717, 1.165) is 34.3 Å². The Kier molecular flexibility index (Phi) is 3.54. The van der Waals surface area contributed by atoms with Crippen LogP contribution in [0, 0.1) is 0 Å². The van der Waals surface area contributed by atoms with Gasteiger partial charge in [-0.3, -0.25) is 0 Å². The number of piperidine rings is 1. The second kappa shape index (κ2) is 5.70. The maximum Gasteiger partial charge on any atom is 0.117 e. The van der Waals surface area contributed by atoms with E-state index in [9.17, 15) is 9.50 Å². The molecular weight excluding hydrogens is 291 g/mol. The number of aromatic nitrogens is 1. The highest BCUT2D eigenvalue weighted by Crippen LogP contribution is 2.40. The molecule has 1 saturated heterocycles. The summed E-state index contributed by atoms with van der Waals surface area (Å²) in [6.45, 7) is 1.36. The number of alkyl halides is 1. The standard InChI is InChI=1S/C19H19FN2O/c20-16-8-9-21-11-15(16)18-14-7-6-13(23)10-17(14)22-19(18)12-4-2-1-3-5-12/h1-7,10,15-16,21-23H,8-9,11H2/t15-,16-/m1/s1. The monoisotopic (exact) mass is 310 g/mol. The van der Waals surface area contributed by atoms with Crippen molar-refractivity contribution >= 4 is 10.9 Å². The van der Waals surface area contributed by atoms with Gasteiger partial charge in [0.25, 0.3) is 0 Å². The molecule has 0 amide bonds. The number of phenolic OH excluding ortho intramolecular Hbond substituents is 1. The van der Waals surface area contributed by atoms with Crippen LogP contribution in [0.2, 0.25) is 0 Å². The van der Waals surface area contributed by atoms with Crippen molar-refractivity contribution < 1.29 is 9.50 Å². The zero-order valence-electron chi connectivity index (χ0n) is 12.7. The zero-order valence-corrected chi connectivity index (χ0v) is 12.7. The van der Waals surface area contributed by atoms with Crippen LogP contribution in [-0.2, 0) is 0 Å². The average Bonchev–Trinajstić information content (AvgIpc) is 2.94. The lowest BCUT2D eigenvalue weighted by Crippen LogP contribution is -2.36.